The zero-order valence-corrected chi connectivity index (χ0v) is 18.0. The minimum absolute atomic E-state index is 0.0629. The molecule has 1 fully saturated rings. The maximum atomic E-state index is 12.7. The molecule has 0 aromatic carbocycles. The molecule has 1 aromatic heterocycles. The monoisotopic (exact) mass is 392 g/mol. The van der Waals surface area contributed by atoms with Gasteiger partial charge in [0.05, 0.1) is 12.1 Å². The van der Waals surface area contributed by atoms with Crippen LogP contribution in [0.3, 0.4) is 0 Å². The van der Waals surface area contributed by atoms with E-state index in [2.05, 4.69) is 22.5 Å². The third-order valence-corrected chi connectivity index (χ3v) is 6.73. The number of hydrogen-bond donors (Lipinski definition) is 1. The molecule has 1 aliphatic rings. The van der Waals surface area contributed by atoms with Crippen molar-refractivity contribution < 1.29 is 9.53 Å². The van der Waals surface area contributed by atoms with Crippen LogP contribution in [0.5, 0.6) is 0 Å². The molecule has 7 heteroatoms. The van der Waals surface area contributed by atoms with Gasteiger partial charge in [0, 0.05) is 37.2 Å². The molecule has 27 heavy (non-hydrogen) atoms. The molecular weight excluding hydrogens is 360 g/mol. The topological polar surface area (TPSA) is 70.3 Å². The van der Waals surface area contributed by atoms with Crippen LogP contribution in [0, 0.1) is 25.2 Å². The van der Waals surface area contributed by atoms with Gasteiger partial charge in [0.1, 0.15) is 11.9 Å². The van der Waals surface area contributed by atoms with E-state index in [-0.39, 0.29) is 5.91 Å². The Morgan fingerprint density at radius 3 is 2.78 bits per heavy atom. The Balaban J connectivity index is 2.07. The van der Waals surface area contributed by atoms with Crippen molar-refractivity contribution in [3.63, 3.8) is 0 Å². The van der Waals surface area contributed by atoms with Gasteiger partial charge in [0.25, 0.3) is 0 Å². The number of likely N-dealkylation sites (N-methyl/N-ethyl adjacent to an activating group) is 1. The lowest BCUT2D eigenvalue weighted by molar-refractivity contribution is -0.117. The number of ether oxygens (including phenoxy) is 1. The average molecular weight is 393 g/mol. The van der Waals surface area contributed by atoms with Gasteiger partial charge in [0.2, 0.25) is 5.91 Å². The van der Waals surface area contributed by atoms with E-state index < -0.39 is 0 Å². The molecule has 1 aliphatic carbocycles. The summed E-state index contributed by atoms with van der Waals surface area (Å²) in [5, 5.41) is 13.3. The van der Waals surface area contributed by atoms with Crippen LogP contribution >= 0.6 is 11.8 Å². The molecule has 1 N–H and O–H groups in total. The minimum Gasteiger partial charge on any atom is -0.385 e. The molecule has 1 aromatic rings. The van der Waals surface area contributed by atoms with Crippen LogP contribution in [0.4, 0.5) is 5.82 Å². The second-order valence-electron chi connectivity index (χ2n) is 7.33. The summed E-state index contributed by atoms with van der Waals surface area (Å²) in [6, 6.07) is 2.72. The molecule has 0 aliphatic heterocycles. The molecule has 2 unspecified atom stereocenters. The van der Waals surface area contributed by atoms with Crippen molar-refractivity contribution in [1.29, 1.82) is 5.26 Å². The molecule has 0 spiro atoms. The zero-order chi connectivity index (χ0) is 20.0. The Hall–Kier alpha value is -1.49. The summed E-state index contributed by atoms with van der Waals surface area (Å²) in [5.74, 6) is 0.558. The van der Waals surface area contributed by atoms with E-state index in [1.807, 2.05) is 37.2 Å². The molecular formula is C20H32N4O2S. The maximum Gasteiger partial charge on any atom is 0.239 e. The van der Waals surface area contributed by atoms with E-state index in [4.69, 9.17) is 4.74 Å². The van der Waals surface area contributed by atoms with Crippen LogP contribution in [0.2, 0.25) is 0 Å². The Labute approximate surface area is 167 Å². The molecule has 2 rings (SSSR count). The van der Waals surface area contributed by atoms with Gasteiger partial charge in [-0.25, -0.2) is 0 Å². The number of thioether (sulfide) groups is 1. The van der Waals surface area contributed by atoms with Gasteiger partial charge in [-0.05, 0) is 58.4 Å². The van der Waals surface area contributed by atoms with Crippen molar-refractivity contribution in [3.8, 4) is 6.07 Å². The van der Waals surface area contributed by atoms with Crippen LogP contribution in [-0.4, -0.2) is 60.2 Å². The molecule has 150 valence electrons. The highest BCUT2D eigenvalue weighted by atomic mass is 32.2. The first kappa shape index (κ1) is 21.8. The molecule has 1 saturated carbocycles. The van der Waals surface area contributed by atoms with Crippen LogP contribution in [-0.2, 0) is 16.1 Å². The van der Waals surface area contributed by atoms with Crippen LogP contribution in [0.15, 0.2) is 0 Å². The Kier molecular flexibility index (Phi) is 8.21. The fourth-order valence-corrected chi connectivity index (χ4v) is 4.62. The van der Waals surface area contributed by atoms with Gasteiger partial charge in [-0.1, -0.05) is 0 Å². The number of nitrogens with zero attached hydrogens (tertiary/aromatic N) is 3. The number of hydrogen-bond acceptors (Lipinski definition) is 5. The molecule has 0 bridgehead atoms. The van der Waals surface area contributed by atoms with Crippen LogP contribution in [0.1, 0.15) is 42.5 Å². The average Bonchev–Trinajstić information content (AvgIpc) is 3.21. The quantitative estimate of drug-likeness (QED) is 0.654. The second-order valence-corrected chi connectivity index (χ2v) is 8.47. The van der Waals surface area contributed by atoms with E-state index in [1.54, 1.807) is 7.11 Å². The Bertz CT molecular complexity index is 695. The third kappa shape index (κ3) is 5.28. The van der Waals surface area contributed by atoms with Gasteiger partial charge in [-0.3, -0.25) is 9.69 Å². The lowest BCUT2D eigenvalue weighted by Crippen LogP contribution is -2.37. The number of methoxy groups -OCH3 is 1. The predicted octanol–water partition coefficient (Wildman–Crippen LogP) is 3.17. The van der Waals surface area contributed by atoms with Crippen molar-refractivity contribution in [3.05, 3.63) is 16.8 Å². The molecule has 1 amide bonds. The van der Waals surface area contributed by atoms with Crippen LogP contribution < -0.4 is 5.32 Å². The van der Waals surface area contributed by atoms with Crippen LogP contribution in [0.25, 0.3) is 0 Å². The maximum absolute atomic E-state index is 12.7. The number of amides is 1. The fourth-order valence-electron chi connectivity index (χ4n) is 3.84. The van der Waals surface area contributed by atoms with Gasteiger partial charge in [-0.2, -0.15) is 17.0 Å². The number of rotatable bonds is 9. The van der Waals surface area contributed by atoms with Crippen molar-refractivity contribution in [1.82, 2.24) is 9.47 Å². The second kappa shape index (κ2) is 10.2. The molecule has 6 nitrogen and oxygen atoms in total. The molecule has 0 radical (unpaired) electrons. The highest BCUT2D eigenvalue weighted by molar-refractivity contribution is 7.99. The Morgan fingerprint density at radius 1 is 1.44 bits per heavy atom. The number of anilines is 1. The first-order valence-corrected chi connectivity index (χ1v) is 10.8. The van der Waals surface area contributed by atoms with Crippen molar-refractivity contribution in [2.75, 3.05) is 38.9 Å². The minimum atomic E-state index is -0.0629. The van der Waals surface area contributed by atoms with Gasteiger partial charge >= 0.3 is 0 Å². The highest BCUT2D eigenvalue weighted by Crippen LogP contribution is 2.31. The van der Waals surface area contributed by atoms with Crippen molar-refractivity contribution in [2.45, 2.75) is 57.4 Å². The lowest BCUT2D eigenvalue weighted by Gasteiger charge is -2.24. The number of carbonyl (C=O) groups is 1. The SMILES string of the molecule is COCCCn1c(C)c(C)c(C#N)c1NC(=O)CN(C)C1CCC(SC)C1. The summed E-state index contributed by atoms with van der Waals surface area (Å²) < 4.78 is 7.17. The summed E-state index contributed by atoms with van der Waals surface area (Å²) in [4.78, 5) is 14.8. The number of nitriles is 1. The van der Waals surface area contributed by atoms with E-state index in [1.165, 1.54) is 6.42 Å². The molecule has 0 saturated heterocycles. The summed E-state index contributed by atoms with van der Waals surface area (Å²) in [6.45, 7) is 5.63. The lowest BCUT2D eigenvalue weighted by atomic mass is 10.2. The van der Waals surface area contributed by atoms with Gasteiger partial charge in [0.15, 0.2) is 0 Å². The zero-order valence-electron chi connectivity index (χ0n) is 17.2. The van der Waals surface area contributed by atoms with E-state index in [9.17, 15) is 10.1 Å². The number of carbonyl (C=O) groups excluding carboxylic acids is 1. The summed E-state index contributed by atoms with van der Waals surface area (Å²) >= 11 is 1.92. The standard InChI is InChI=1S/C20H32N4O2S/c1-14-15(2)24(9-6-10-26-4)20(18(14)12-21)22-19(25)13-23(3)16-7-8-17(11-16)27-5/h16-17H,6-11,13H2,1-5H3,(H,22,25). The van der Waals surface area contributed by atoms with Crippen molar-refractivity contribution in [2.24, 2.45) is 0 Å². The number of nitrogens with one attached hydrogen (secondary N) is 1. The number of aromatic nitrogens is 1. The summed E-state index contributed by atoms with van der Waals surface area (Å²) in [7, 11) is 3.70. The fraction of sp³-hybridized carbons (Fsp3) is 0.700. The van der Waals surface area contributed by atoms with E-state index in [0.29, 0.717) is 42.4 Å². The Morgan fingerprint density at radius 2 is 2.19 bits per heavy atom. The summed E-state index contributed by atoms with van der Waals surface area (Å²) in [5.41, 5.74) is 2.51. The molecule has 2 atom stereocenters. The van der Waals surface area contributed by atoms with E-state index in [0.717, 1.165) is 30.5 Å². The smallest absolute Gasteiger partial charge is 0.239 e. The van der Waals surface area contributed by atoms with Gasteiger partial charge in [-0.15, -0.1) is 0 Å². The third-order valence-electron chi connectivity index (χ3n) is 5.64. The molecule has 1 heterocycles. The largest absolute Gasteiger partial charge is 0.385 e. The first-order valence-electron chi connectivity index (χ1n) is 9.54. The van der Waals surface area contributed by atoms with E-state index >= 15 is 0 Å². The normalized spacial score (nSPS) is 19.4. The van der Waals surface area contributed by atoms with Crippen molar-refractivity contribution >= 4 is 23.5 Å². The summed E-state index contributed by atoms with van der Waals surface area (Å²) in [6.07, 6.45) is 6.49. The first-order chi connectivity index (χ1) is 12.9. The predicted molar refractivity (Wildman–Crippen MR) is 111 cm³/mol. The highest BCUT2D eigenvalue weighted by Gasteiger charge is 2.28. The van der Waals surface area contributed by atoms with Gasteiger partial charge < -0.3 is 14.6 Å².